The molecule has 1 heteroatoms. The van der Waals surface area contributed by atoms with E-state index in [-0.39, 0.29) is 0 Å². The maximum atomic E-state index is 2.39. The summed E-state index contributed by atoms with van der Waals surface area (Å²) in [5.41, 5.74) is 0. The van der Waals surface area contributed by atoms with Crippen LogP contribution in [0.15, 0.2) is 0 Å². The van der Waals surface area contributed by atoms with E-state index in [1.54, 1.807) is 0 Å². The Hall–Kier alpha value is -0.0400. The van der Waals surface area contributed by atoms with Gasteiger partial charge in [-0.1, -0.05) is 38.5 Å². The van der Waals surface area contributed by atoms with Gasteiger partial charge in [-0.15, -0.1) is 0 Å². The molecule has 0 N–H and O–H groups in total. The first kappa shape index (κ1) is 11.4. The SMILES string of the molecule is CN(C)CC1CCCC1C1CCCCC1. The van der Waals surface area contributed by atoms with E-state index >= 15 is 0 Å². The van der Waals surface area contributed by atoms with Gasteiger partial charge in [-0.05, 0) is 44.7 Å². The Bertz CT molecular complexity index is 182. The minimum Gasteiger partial charge on any atom is -0.309 e. The Labute approximate surface area is 95.2 Å². The van der Waals surface area contributed by atoms with Crippen molar-refractivity contribution in [2.75, 3.05) is 20.6 Å². The molecule has 0 bridgehead atoms. The minimum absolute atomic E-state index is 1.02. The fourth-order valence-corrected chi connectivity index (χ4v) is 3.94. The highest BCUT2D eigenvalue weighted by molar-refractivity contribution is 4.85. The maximum Gasteiger partial charge on any atom is 0.000631 e. The van der Waals surface area contributed by atoms with Crippen LogP contribution in [-0.2, 0) is 0 Å². The van der Waals surface area contributed by atoms with Gasteiger partial charge in [-0.3, -0.25) is 0 Å². The molecule has 0 amide bonds. The van der Waals surface area contributed by atoms with Crippen molar-refractivity contribution in [2.24, 2.45) is 17.8 Å². The summed E-state index contributed by atoms with van der Waals surface area (Å²) in [6, 6.07) is 0. The first-order valence-corrected chi connectivity index (χ1v) is 6.92. The molecule has 88 valence electrons. The van der Waals surface area contributed by atoms with Crippen LogP contribution in [0.1, 0.15) is 51.4 Å². The van der Waals surface area contributed by atoms with Crippen LogP contribution < -0.4 is 0 Å². The third kappa shape index (κ3) is 2.96. The largest absolute Gasteiger partial charge is 0.309 e. The van der Waals surface area contributed by atoms with Crippen LogP contribution in [-0.4, -0.2) is 25.5 Å². The Kier molecular flexibility index (Phi) is 4.07. The molecule has 0 aromatic carbocycles. The van der Waals surface area contributed by atoms with Gasteiger partial charge in [0, 0.05) is 6.54 Å². The van der Waals surface area contributed by atoms with Crippen molar-refractivity contribution in [3.05, 3.63) is 0 Å². The van der Waals surface area contributed by atoms with Crippen LogP contribution in [0, 0.1) is 17.8 Å². The van der Waals surface area contributed by atoms with Crippen molar-refractivity contribution in [1.29, 1.82) is 0 Å². The zero-order chi connectivity index (χ0) is 10.7. The predicted octanol–water partition coefficient (Wildman–Crippen LogP) is 3.54. The first-order valence-electron chi connectivity index (χ1n) is 6.92. The van der Waals surface area contributed by atoms with Crippen LogP contribution in [0.3, 0.4) is 0 Å². The summed E-state index contributed by atoms with van der Waals surface area (Å²) in [4.78, 5) is 2.39. The van der Waals surface area contributed by atoms with E-state index in [0.717, 1.165) is 17.8 Å². The van der Waals surface area contributed by atoms with Crippen LogP contribution in [0.2, 0.25) is 0 Å². The highest BCUT2D eigenvalue weighted by atomic mass is 15.1. The summed E-state index contributed by atoms with van der Waals surface area (Å²) in [6.07, 6.45) is 12.1. The van der Waals surface area contributed by atoms with Gasteiger partial charge >= 0.3 is 0 Å². The second kappa shape index (κ2) is 5.34. The second-order valence-corrected chi connectivity index (χ2v) is 6.02. The van der Waals surface area contributed by atoms with E-state index in [0.29, 0.717) is 0 Å². The maximum absolute atomic E-state index is 2.39. The van der Waals surface area contributed by atoms with Gasteiger partial charge in [0.2, 0.25) is 0 Å². The predicted molar refractivity (Wildman–Crippen MR) is 66.0 cm³/mol. The topological polar surface area (TPSA) is 3.24 Å². The van der Waals surface area contributed by atoms with Crippen LogP contribution in [0.4, 0.5) is 0 Å². The molecule has 0 heterocycles. The lowest BCUT2D eigenvalue weighted by Crippen LogP contribution is -2.29. The molecule has 2 fully saturated rings. The zero-order valence-corrected chi connectivity index (χ0v) is 10.5. The van der Waals surface area contributed by atoms with E-state index < -0.39 is 0 Å². The molecule has 2 rings (SSSR count). The molecule has 0 aromatic rings. The Morgan fingerprint density at radius 1 is 0.867 bits per heavy atom. The number of rotatable bonds is 3. The summed E-state index contributed by atoms with van der Waals surface area (Å²) in [5, 5.41) is 0. The van der Waals surface area contributed by atoms with Crippen molar-refractivity contribution in [2.45, 2.75) is 51.4 Å². The molecular formula is C14H27N. The zero-order valence-electron chi connectivity index (χ0n) is 10.5. The lowest BCUT2D eigenvalue weighted by Gasteiger charge is -2.32. The highest BCUT2D eigenvalue weighted by Gasteiger charge is 2.33. The smallest absolute Gasteiger partial charge is 0.000631 e. The number of nitrogens with zero attached hydrogens (tertiary/aromatic N) is 1. The fourth-order valence-electron chi connectivity index (χ4n) is 3.94. The number of hydrogen-bond donors (Lipinski definition) is 0. The quantitative estimate of drug-likeness (QED) is 0.687. The fraction of sp³-hybridized carbons (Fsp3) is 1.00. The van der Waals surface area contributed by atoms with Gasteiger partial charge in [-0.2, -0.15) is 0 Å². The van der Waals surface area contributed by atoms with E-state index in [1.165, 1.54) is 57.9 Å². The average molecular weight is 209 g/mol. The normalized spacial score (nSPS) is 33.8. The van der Waals surface area contributed by atoms with Crippen LogP contribution in [0.25, 0.3) is 0 Å². The minimum atomic E-state index is 1.02. The second-order valence-electron chi connectivity index (χ2n) is 6.02. The van der Waals surface area contributed by atoms with Gasteiger partial charge in [0.25, 0.3) is 0 Å². The standard InChI is InChI=1S/C14H27N/c1-15(2)11-13-9-6-10-14(13)12-7-4-3-5-8-12/h12-14H,3-11H2,1-2H3. The lowest BCUT2D eigenvalue weighted by molar-refractivity contribution is 0.174. The molecule has 15 heavy (non-hydrogen) atoms. The van der Waals surface area contributed by atoms with Gasteiger partial charge in [0.05, 0.1) is 0 Å². The van der Waals surface area contributed by atoms with Crippen molar-refractivity contribution in [3.8, 4) is 0 Å². The summed E-state index contributed by atoms with van der Waals surface area (Å²) in [5.74, 6) is 3.18. The lowest BCUT2D eigenvalue weighted by atomic mass is 9.75. The van der Waals surface area contributed by atoms with Crippen LogP contribution in [0.5, 0.6) is 0 Å². The number of hydrogen-bond acceptors (Lipinski definition) is 1. The summed E-state index contributed by atoms with van der Waals surface area (Å²) < 4.78 is 0. The molecule has 2 unspecified atom stereocenters. The molecule has 1 nitrogen and oxygen atoms in total. The van der Waals surface area contributed by atoms with Crippen LogP contribution >= 0.6 is 0 Å². The van der Waals surface area contributed by atoms with Gasteiger partial charge in [-0.25, -0.2) is 0 Å². The van der Waals surface area contributed by atoms with E-state index in [2.05, 4.69) is 19.0 Å². The summed E-state index contributed by atoms with van der Waals surface area (Å²) in [6.45, 7) is 1.33. The van der Waals surface area contributed by atoms with E-state index in [4.69, 9.17) is 0 Å². The average Bonchev–Trinajstić information content (AvgIpc) is 2.66. The van der Waals surface area contributed by atoms with Crippen molar-refractivity contribution in [3.63, 3.8) is 0 Å². The molecule has 2 aliphatic rings. The monoisotopic (exact) mass is 209 g/mol. The Morgan fingerprint density at radius 2 is 1.60 bits per heavy atom. The molecule has 0 aromatic heterocycles. The molecule has 0 aliphatic heterocycles. The molecule has 0 radical (unpaired) electrons. The highest BCUT2D eigenvalue weighted by Crippen LogP contribution is 2.42. The molecule has 2 atom stereocenters. The molecule has 2 saturated carbocycles. The van der Waals surface area contributed by atoms with Gasteiger partial charge < -0.3 is 4.90 Å². The van der Waals surface area contributed by atoms with Gasteiger partial charge in [0.15, 0.2) is 0 Å². The first-order chi connectivity index (χ1) is 7.27. The Morgan fingerprint density at radius 3 is 2.27 bits per heavy atom. The Balaban J connectivity index is 1.88. The van der Waals surface area contributed by atoms with E-state index in [9.17, 15) is 0 Å². The molecular weight excluding hydrogens is 182 g/mol. The van der Waals surface area contributed by atoms with Crippen molar-refractivity contribution >= 4 is 0 Å². The van der Waals surface area contributed by atoms with E-state index in [1.807, 2.05) is 0 Å². The molecule has 0 spiro atoms. The summed E-state index contributed by atoms with van der Waals surface area (Å²) >= 11 is 0. The summed E-state index contributed by atoms with van der Waals surface area (Å²) in [7, 11) is 4.46. The third-order valence-corrected chi connectivity index (χ3v) is 4.57. The van der Waals surface area contributed by atoms with Crippen molar-refractivity contribution < 1.29 is 0 Å². The molecule has 0 saturated heterocycles. The third-order valence-electron chi connectivity index (χ3n) is 4.57. The molecule has 2 aliphatic carbocycles. The van der Waals surface area contributed by atoms with Crippen molar-refractivity contribution in [1.82, 2.24) is 4.90 Å². The van der Waals surface area contributed by atoms with Gasteiger partial charge in [0.1, 0.15) is 0 Å².